The van der Waals surface area contributed by atoms with Crippen LogP contribution in [0, 0.1) is 0 Å². The van der Waals surface area contributed by atoms with Gasteiger partial charge in [0.2, 0.25) is 5.91 Å². The molecule has 2 heterocycles. The van der Waals surface area contributed by atoms with Gasteiger partial charge in [0.1, 0.15) is 6.61 Å². The second kappa shape index (κ2) is 9.93. The number of benzene rings is 1. The maximum atomic E-state index is 12.2. The summed E-state index contributed by atoms with van der Waals surface area (Å²) >= 11 is 0. The molecule has 0 aliphatic carbocycles. The zero-order chi connectivity index (χ0) is 20.5. The Morgan fingerprint density at radius 3 is 2.66 bits per heavy atom. The monoisotopic (exact) mass is 395 g/mol. The third-order valence-corrected chi connectivity index (χ3v) is 3.97. The molecule has 0 spiro atoms. The molecule has 0 fully saturated rings. The standard InChI is InChI=1S/C21H21N3O5/c1-27-17-5-4-16(13-19(17)29-14-15-6-9-22-10-7-15)24-20(25)8-11-23-21(26)18-3-2-12-28-18/h2-7,9-10,12-13H,8,11,14H2,1H3,(H,23,26)(H,24,25). The van der Waals surface area contributed by atoms with Crippen molar-refractivity contribution in [3.63, 3.8) is 0 Å². The second-order valence-electron chi connectivity index (χ2n) is 6.04. The number of hydrogen-bond donors (Lipinski definition) is 2. The van der Waals surface area contributed by atoms with Crippen LogP contribution in [0.2, 0.25) is 0 Å². The number of furan rings is 1. The molecular weight excluding hydrogens is 374 g/mol. The van der Waals surface area contributed by atoms with E-state index in [9.17, 15) is 9.59 Å². The first-order valence-corrected chi connectivity index (χ1v) is 8.97. The molecule has 3 aromatic rings. The molecule has 0 bridgehead atoms. The summed E-state index contributed by atoms with van der Waals surface area (Å²) in [5.41, 5.74) is 1.53. The van der Waals surface area contributed by atoms with Crippen molar-refractivity contribution in [2.45, 2.75) is 13.0 Å². The lowest BCUT2D eigenvalue weighted by molar-refractivity contribution is -0.116. The number of pyridine rings is 1. The van der Waals surface area contributed by atoms with E-state index >= 15 is 0 Å². The SMILES string of the molecule is COc1ccc(NC(=O)CCNC(=O)c2ccco2)cc1OCc1ccncc1. The number of aromatic nitrogens is 1. The molecule has 0 saturated heterocycles. The molecule has 150 valence electrons. The lowest BCUT2D eigenvalue weighted by atomic mass is 10.2. The summed E-state index contributed by atoms with van der Waals surface area (Å²) in [6.45, 7) is 0.530. The van der Waals surface area contributed by atoms with Crippen molar-refractivity contribution in [1.82, 2.24) is 10.3 Å². The Balaban J connectivity index is 1.53. The molecule has 8 nitrogen and oxygen atoms in total. The lowest BCUT2D eigenvalue weighted by Crippen LogP contribution is -2.27. The molecule has 29 heavy (non-hydrogen) atoms. The van der Waals surface area contributed by atoms with Gasteiger partial charge in [0.05, 0.1) is 13.4 Å². The molecule has 2 N–H and O–H groups in total. The molecule has 0 unspecified atom stereocenters. The van der Waals surface area contributed by atoms with Gasteiger partial charge in [-0.2, -0.15) is 0 Å². The van der Waals surface area contributed by atoms with E-state index in [0.717, 1.165) is 5.56 Å². The van der Waals surface area contributed by atoms with Crippen molar-refractivity contribution >= 4 is 17.5 Å². The second-order valence-corrected chi connectivity index (χ2v) is 6.04. The number of hydrogen-bond acceptors (Lipinski definition) is 6. The summed E-state index contributed by atoms with van der Waals surface area (Å²) in [6, 6.07) is 12.0. The van der Waals surface area contributed by atoms with Crippen LogP contribution in [0.15, 0.2) is 65.5 Å². The maximum Gasteiger partial charge on any atom is 0.286 e. The Labute approximate surface area is 167 Å². The highest BCUT2D eigenvalue weighted by atomic mass is 16.5. The van der Waals surface area contributed by atoms with Gasteiger partial charge in [0, 0.05) is 37.1 Å². The topological polar surface area (TPSA) is 103 Å². The van der Waals surface area contributed by atoms with E-state index in [1.165, 1.54) is 6.26 Å². The lowest BCUT2D eigenvalue weighted by Gasteiger charge is -2.13. The molecule has 0 atom stereocenters. The van der Waals surface area contributed by atoms with Crippen LogP contribution < -0.4 is 20.1 Å². The quantitative estimate of drug-likeness (QED) is 0.577. The minimum atomic E-state index is -0.362. The molecule has 2 amide bonds. The number of anilines is 1. The zero-order valence-corrected chi connectivity index (χ0v) is 15.9. The fourth-order valence-electron chi connectivity index (χ4n) is 2.52. The molecule has 0 radical (unpaired) electrons. The number of rotatable bonds is 9. The predicted octanol–water partition coefficient (Wildman–Crippen LogP) is 3.02. The van der Waals surface area contributed by atoms with Crippen LogP contribution in [0.25, 0.3) is 0 Å². The highest BCUT2D eigenvalue weighted by Crippen LogP contribution is 2.31. The van der Waals surface area contributed by atoms with Crippen molar-refractivity contribution in [3.8, 4) is 11.5 Å². The summed E-state index contributed by atoms with van der Waals surface area (Å²) in [6.07, 6.45) is 4.92. The number of nitrogens with zero attached hydrogens (tertiary/aromatic N) is 1. The van der Waals surface area contributed by atoms with Gasteiger partial charge in [-0.25, -0.2) is 0 Å². The molecule has 0 saturated carbocycles. The van der Waals surface area contributed by atoms with Gasteiger partial charge in [0.25, 0.3) is 5.91 Å². The minimum Gasteiger partial charge on any atom is -0.493 e. The average molecular weight is 395 g/mol. The van der Waals surface area contributed by atoms with Crippen LogP contribution in [-0.4, -0.2) is 30.5 Å². The number of methoxy groups -OCH3 is 1. The van der Waals surface area contributed by atoms with E-state index < -0.39 is 0 Å². The van der Waals surface area contributed by atoms with Gasteiger partial charge in [-0.15, -0.1) is 0 Å². The summed E-state index contributed by atoms with van der Waals surface area (Å²) in [4.78, 5) is 27.9. The molecule has 2 aromatic heterocycles. The number of nitrogens with one attached hydrogen (secondary N) is 2. The number of ether oxygens (including phenoxy) is 2. The number of carbonyl (C=O) groups is 2. The Morgan fingerprint density at radius 1 is 1.10 bits per heavy atom. The fourth-order valence-corrected chi connectivity index (χ4v) is 2.52. The molecule has 0 aliphatic heterocycles. The van der Waals surface area contributed by atoms with E-state index in [-0.39, 0.29) is 30.5 Å². The molecule has 0 aliphatic rings. The maximum absolute atomic E-state index is 12.2. The largest absolute Gasteiger partial charge is 0.493 e. The molecular formula is C21H21N3O5. The van der Waals surface area contributed by atoms with Gasteiger partial charge in [-0.05, 0) is 42.0 Å². The summed E-state index contributed by atoms with van der Waals surface area (Å²) in [5.74, 6) is 0.668. The highest BCUT2D eigenvalue weighted by molar-refractivity contribution is 5.93. The smallest absolute Gasteiger partial charge is 0.286 e. The van der Waals surface area contributed by atoms with E-state index in [1.54, 1.807) is 49.8 Å². The van der Waals surface area contributed by atoms with E-state index in [2.05, 4.69) is 15.6 Å². The van der Waals surface area contributed by atoms with Gasteiger partial charge < -0.3 is 24.5 Å². The summed E-state index contributed by atoms with van der Waals surface area (Å²) in [5, 5.41) is 5.41. The Morgan fingerprint density at radius 2 is 1.93 bits per heavy atom. The van der Waals surface area contributed by atoms with Crippen molar-refractivity contribution in [3.05, 3.63) is 72.4 Å². The average Bonchev–Trinajstić information content (AvgIpc) is 3.28. The molecule has 8 heteroatoms. The van der Waals surface area contributed by atoms with Gasteiger partial charge in [-0.1, -0.05) is 0 Å². The van der Waals surface area contributed by atoms with E-state index in [4.69, 9.17) is 13.9 Å². The van der Waals surface area contributed by atoms with Crippen LogP contribution >= 0.6 is 0 Å². The normalized spacial score (nSPS) is 10.2. The van der Waals surface area contributed by atoms with Gasteiger partial charge in [0.15, 0.2) is 17.3 Å². The number of amides is 2. The highest BCUT2D eigenvalue weighted by Gasteiger charge is 2.11. The van der Waals surface area contributed by atoms with Crippen molar-refractivity contribution in [1.29, 1.82) is 0 Å². The summed E-state index contributed by atoms with van der Waals surface area (Å²) in [7, 11) is 1.55. The van der Waals surface area contributed by atoms with E-state index in [1.807, 2.05) is 12.1 Å². The Bertz CT molecular complexity index is 942. The first-order valence-electron chi connectivity index (χ1n) is 8.97. The Hall–Kier alpha value is -3.81. The third kappa shape index (κ3) is 5.83. The van der Waals surface area contributed by atoms with Gasteiger partial charge in [-0.3, -0.25) is 14.6 Å². The molecule has 1 aromatic carbocycles. The third-order valence-electron chi connectivity index (χ3n) is 3.97. The first kappa shape index (κ1) is 19.9. The van der Waals surface area contributed by atoms with Crippen LogP contribution in [0.1, 0.15) is 22.5 Å². The van der Waals surface area contributed by atoms with E-state index in [0.29, 0.717) is 23.8 Å². The van der Waals surface area contributed by atoms with Crippen LogP contribution in [-0.2, 0) is 11.4 Å². The fraction of sp³-hybridized carbons (Fsp3) is 0.190. The van der Waals surface area contributed by atoms with Crippen LogP contribution in [0.3, 0.4) is 0 Å². The van der Waals surface area contributed by atoms with Crippen molar-refractivity contribution in [2.75, 3.05) is 19.0 Å². The van der Waals surface area contributed by atoms with Crippen LogP contribution in [0.4, 0.5) is 5.69 Å². The van der Waals surface area contributed by atoms with Crippen molar-refractivity contribution in [2.24, 2.45) is 0 Å². The zero-order valence-electron chi connectivity index (χ0n) is 15.9. The number of carbonyl (C=O) groups excluding carboxylic acids is 2. The van der Waals surface area contributed by atoms with Crippen LogP contribution in [0.5, 0.6) is 11.5 Å². The Kier molecular flexibility index (Phi) is 6.83. The predicted molar refractivity (Wildman–Crippen MR) is 106 cm³/mol. The van der Waals surface area contributed by atoms with Gasteiger partial charge >= 0.3 is 0 Å². The first-order chi connectivity index (χ1) is 14.2. The minimum absolute atomic E-state index is 0.117. The van der Waals surface area contributed by atoms with Crippen molar-refractivity contribution < 1.29 is 23.5 Å². The molecule has 3 rings (SSSR count). The summed E-state index contributed by atoms with van der Waals surface area (Å²) < 4.78 is 16.1.